The fraction of sp³-hybridized carbons (Fsp3) is 0.120. The molecule has 2 aromatic carbocycles. The van der Waals surface area contributed by atoms with E-state index in [2.05, 4.69) is 10.3 Å². The van der Waals surface area contributed by atoms with Gasteiger partial charge in [-0.3, -0.25) is 4.98 Å². The summed E-state index contributed by atoms with van der Waals surface area (Å²) in [4.78, 5) is 6.60. The van der Waals surface area contributed by atoms with Gasteiger partial charge in [0, 0.05) is 29.5 Å². The number of ether oxygens (including phenoxy) is 1. The molecule has 2 unspecified atom stereocenters. The Kier molecular flexibility index (Phi) is 5.74. The van der Waals surface area contributed by atoms with Crippen molar-refractivity contribution in [1.82, 2.24) is 14.9 Å². The number of hydrogen-bond acceptors (Lipinski definition) is 3. The summed E-state index contributed by atoms with van der Waals surface area (Å²) in [6.45, 7) is 0. The van der Waals surface area contributed by atoms with E-state index in [1.54, 1.807) is 19.4 Å². The highest BCUT2D eigenvalue weighted by Gasteiger charge is 2.42. The van der Waals surface area contributed by atoms with E-state index in [-0.39, 0.29) is 17.9 Å². The van der Waals surface area contributed by atoms with Crippen LogP contribution < -0.4 is 15.0 Å². The minimum Gasteiger partial charge on any atom is -0.495 e. The van der Waals surface area contributed by atoms with Crippen LogP contribution in [0.4, 0.5) is 10.1 Å². The molecule has 2 aromatic heterocycles. The first-order valence-corrected chi connectivity index (χ1v) is 11.1. The number of nitrogens with zero attached hydrogens (tertiary/aromatic N) is 3. The number of hydrogen-bond donors (Lipinski definition) is 1. The molecule has 0 amide bonds. The smallest absolute Gasteiger partial charge is 0.174 e. The normalized spacial score (nSPS) is 17.8. The van der Waals surface area contributed by atoms with Crippen LogP contribution in [0.1, 0.15) is 23.5 Å². The fourth-order valence-electron chi connectivity index (χ4n) is 4.23. The molecule has 2 atom stereocenters. The van der Waals surface area contributed by atoms with Gasteiger partial charge in [0.05, 0.1) is 23.9 Å². The number of benzene rings is 2. The molecule has 1 fully saturated rings. The molecular formula is C25H20ClFN4OS. The van der Waals surface area contributed by atoms with Crippen LogP contribution in [-0.4, -0.2) is 21.8 Å². The van der Waals surface area contributed by atoms with Gasteiger partial charge in [0.15, 0.2) is 5.11 Å². The van der Waals surface area contributed by atoms with Crippen LogP contribution in [0, 0.1) is 5.82 Å². The van der Waals surface area contributed by atoms with Crippen LogP contribution in [0.5, 0.6) is 5.75 Å². The summed E-state index contributed by atoms with van der Waals surface area (Å²) in [5.74, 6) is 0.284. The Morgan fingerprint density at radius 1 is 1.03 bits per heavy atom. The molecule has 166 valence electrons. The molecule has 1 aliphatic rings. The van der Waals surface area contributed by atoms with Gasteiger partial charge in [0.1, 0.15) is 17.6 Å². The standard InChI is InChI=1S/C25H20ClFN4OS/c1-32-22-11-10-18(15-19(22)26)31-24(23(29-25(31)33)20-8-2-3-12-28-20)21-9-5-13-30(21)17-7-4-6-16(27)14-17/h2-15,23-24H,1H3,(H,29,33). The van der Waals surface area contributed by atoms with E-state index in [0.717, 1.165) is 22.8 Å². The maximum atomic E-state index is 14.0. The summed E-state index contributed by atoms with van der Waals surface area (Å²) in [6.07, 6.45) is 3.68. The van der Waals surface area contributed by atoms with E-state index in [1.807, 2.05) is 70.3 Å². The monoisotopic (exact) mass is 478 g/mol. The maximum absolute atomic E-state index is 14.0. The predicted octanol–water partition coefficient (Wildman–Crippen LogP) is 5.85. The van der Waals surface area contributed by atoms with Crippen molar-refractivity contribution < 1.29 is 9.13 Å². The highest BCUT2D eigenvalue weighted by molar-refractivity contribution is 7.80. The number of anilines is 1. The lowest BCUT2D eigenvalue weighted by Gasteiger charge is -2.29. The molecule has 5 nitrogen and oxygen atoms in total. The molecule has 3 heterocycles. The van der Waals surface area contributed by atoms with Gasteiger partial charge in [0.25, 0.3) is 0 Å². The fourth-order valence-corrected chi connectivity index (χ4v) is 4.83. The second kappa shape index (κ2) is 8.84. The third-order valence-electron chi connectivity index (χ3n) is 5.68. The Bertz CT molecular complexity index is 1310. The van der Waals surface area contributed by atoms with E-state index < -0.39 is 0 Å². The number of aromatic nitrogens is 2. The van der Waals surface area contributed by atoms with Gasteiger partial charge >= 0.3 is 0 Å². The first kappa shape index (κ1) is 21.4. The van der Waals surface area contributed by atoms with Crippen molar-refractivity contribution in [1.29, 1.82) is 0 Å². The molecule has 0 bridgehead atoms. The summed E-state index contributed by atoms with van der Waals surface area (Å²) >= 11 is 12.2. The molecule has 0 spiro atoms. The van der Waals surface area contributed by atoms with Crippen molar-refractivity contribution >= 4 is 34.6 Å². The molecule has 4 aromatic rings. The first-order chi connectivity index (χ1) is 16.1. The Balaban J connectivity index is 1.67. The summed E-state index contributed by atoms with van der Waals surface area (Å²) in [7, 11) is 1.58. The number of rotatable bonds is 5. The molecule has 5 rings (SSSR count). The number of methoxy groups -OCH3 is 1. The summed E-state index contributed by atoms with van der Waals surface area (Å²) < 4.78 is 21.3. The van der Waals surface area contributed by atoms with E-state index in [1.165, 1.54) is 12.1 Å². The highest BCUT2D eigenvalue weighted by atomic mass is 35.5. The lowest BCUT2D eigenvalue weighted by molar-refractivity contribution is 0.415. The molecule has 0 saturated carbocycles. The molecule has 1 saturated heterocycles. The quantitative estimate of drug-likeness (QED) is 0.364. The minimum atomic E-state index is -0.299. The van der Waals surface area contributed by atoms with Gasteiger partial charge in [0.2, 0.25) is 0 Å². The Morgan fingerprint density at radius 3 is 2.64 bits per heavy atom. The van der Waals surface area contributed by atoms with Crippen molar-refractivity contribution in [2.24, 2.45) is 0 Å². The van der Waals surface area contributed by atoms with E-state index in [0.29, 0.717) is 15.9 Å². The Hall–Kier alpha value is -3.42. The Morgan fingerprint density at radius 2 is 1.91 bits per heavy atom. The zero-order chi connectivity index (χ0) is 22.9. The molecule has 33 heavy (non-hydrogen) atoms. The van der Waals surface area contributed by atoms with E-state index in [4.69, 9.17) is 28.6 Å². The largest absolute Gasteiger partial charge is 0.495 e. The zero-order valence-electron chi connectivity index (χ0n) is 17.7. The van der Waals surface area contributed by atoms with Crippen LogP contribution >= 0.6 is 23.8 Å². The van der Waals surface area contributed by atoms with Crippen LogP contribution in [0.15, 0.2) is 85.2 Å². The zero-order valence-corrected chi connectivity index (χ0v) is 19.2. The second-order valence-electron chi connectivity index (χ2n) is 7.60. The third kappa shape index (κ3) is 3.94. The average Bonchev–Trinajstić information content (AvgIpc) is 3.44. The van der Waals surface area contributed by atoms with Gasteiger partial charge < -0.3 is 19.5 Å². The number of thiocarbonyl (C=S) groups is 1. The van der Waals surface area contributed by atoms with E-state index in [9.17, 15) is 4.39 Å². The van der Waals surface area contributed by atoms with Gasteiger partial charge in [-0.2, -0.15) is 0 Å². The van der Waals surface area contributed by atoms with Crippen molar-refractivity contribution in [2.75, 3.05) is 12.0 Å². The van der Waals surface area contributed by atoms with Crippen molar-refractivity contribution in [3.05, 3.63) is 107 Å². The summed E-state index contributed by atoms with van der Waals surface area (Å²) in [6, 6.07) is 21.3. The Labute approximate surface area is 201 Å². The van der Waals surface area contributed by atoms with Crippen molar-refractivity contribution in [2.45, 2.75) is 12.1 Å². The molecule has 1 N–H and O–H groups in total. The molecule has 0 radical (unpaired) electrons. The molecular weight excluding hydrogens is 459 g/mol. The van der Waals surface area contributed by atoms with Crippen LogP contribution in [-0.2, 0) is 0 Å². The lowest BCUT2D eigenvalue weighted by atomic mass is 10.0. The first-order valence-electron chi connectivity index (χ1n) is 10.3. The van der Waals surface area contributed by atoms with Crippen molar-refractivity contribution in [3.63, 3.8) is 0 Å². The van der Waals surface area contributed by atoms with Gasteiger partial charge in [-0.05, 0) is 72.9 Å². The van der Waals surface area contributed by atoms with E-state index >= 15 is 0 Å². The van der Waals surface area contributed by atoms with Crippen LogP contribution in [0.25, 0.3) is 5.69 Å². The lowest BCUT2D eigenvalue weighted by Crippen LogP contribution is -2.30. The number of pyridine rings is 1. The number of nitrogens with one attached hydrogen (secondary N) is 1. The number of halogens is 2. The topological polar surface area (TPSA) is 42.3 Å². The van der Waals surface area contributed by atoms with Gasteiger partial charge in [-0.1, -0.05) is 23.7 Å². The van der Waals surface area contributed by atoms with Crippen LogP contribution in [0.3, 0.4) is 0 Å². The second-order valence-corrected chi connectivity index (χ2v) is 8.39. The van der Waals surface area contributed by atoms with Gasteiger partial charge in [-0.25, -0.2) is 4.39 Å². The molecule has 0 aliphatic carbocycles. The molecule has 1 aliphatic heterocycles. The summed E-state index contributed by atoms with van der Waals surface area (Å²) in [5, 5.41) is 4.46. The SMILES string of the molecule is COc1ccc(N2C(=S)NC(c3ccccn3)C2c2cccn2-c2cccc(F)c2)cc1Cl. The average molecular weight is 479 g/mol. The maximum Gasteiger partial charge on any atom is 0.174 e. The van der Waals surface area contributed by atoms with Crippen molar-refractivity contribution in [3.8, 4) is 11.4 Å². The molecule has 8 heteroatoms. The summed E-state index contributed by atoms with van der Waals surface area (Å²) in [5.41, 5.74) is 3.31. The highest BCUT2D eigenvalue weighted by Crippen LogP contribution is 2.43. The minimum absolute atomic E-state index is 0.234. The third-order valence-corrected chi connectivity index (χ3v) is 6.29. The van der Waals surface area contributed by atoms with Crippen LogP contribution in [0.2, 0.25) is 5.02 Å². The van der Waals surface area contributed by atoms with Gasteiger partial charge in [-0.15, -0.1) is 0 Å². The predicted molar refractivity (Wildman–Crippen MR) is 132 cm³/mol.